The molecule has 7 heteroatoms. The van der Waals surface area contributed by atoms with Crippen LogP contribution in [0.2, 0.25) is 0 Å². The van der Waals surface area contributed by atoms with Gasteiger partial charge in [-0.1, -0.05) is 0 Å². The van der Waals surface area contributed by atoms with Crippen molar-refractivity contribution < 1.29 is 0 Å². The highest BCUT2D eigenvalue weighted by Gasteiger charge is 2.00. The summed E-state index contributed by atoms with van der Waals surface area (Å²) in [5.41, 5.74) is 0. The van der Waals surface area contributed by atoms with Crippen LogP contribution in [0.5, 0.6) is 0 Å². The molecule has 0 unspecified atom stereocenters. The van der Waals surface area contributed by atoms with Gasteiger partial charge < -0.3 is 53.8 Å². The van der Waals surface area contributed by atoms with Crippen molar-refractivity contribution in [1.29, 1.82) is 0 Å². The van der Waals surface area contributed by atoms with Crippen molar-refractivity contribution >= 4 is 37.9 Å². The van der Waals surface area contributed by atoms with Gasteiger partial charge >= 0.3 is 0 Å². The average Bonchev–Trinajstić information content (AvgIpc) is 2.29. The molecule has 0 bridgehead atoms. The maximum absolute atomic E-state index is 4.88. The summed E-state index contributed by atoms with van der Waals surface area (Å²) < 4.78 is 0. The Kier molecular flexibility index (Phi) is 14.7. The van der Waals surface area contributed by atoms with Crippen LogP contribution in [0.15, 0.2) is 0 Å². The summed E-state index contributed by atoms with van der Waals surface area (Å²) in [7, 11) is 0. The van der Waals surface area contributed by atoms with Gasteiger partial charge in [0.05, 0.1) is 20.0 Å². The van der Waals surface area contributed by atoms with Crippen LogP contribution in [-0.4, -0.2) is 61.8 Å². The maximum Gasteiger partial charge on any atom is 0.0504 e. The van der Waals surface area contributed by atoms with Crippen molar-refractivity contribution in [3.63, 3.8) is 0 Å². The highest BCUT2D eigenvalue weighted by atomic mass is 32.1. The fourth-order valence-corrected chi connectivity index (χ4v) is 1.53. The van der Waals surface area contributed by atoms with E-state index in [9.17, 15) is 0 Å². The molecule has 0 aromatic heterocycles. The minimum absolute atomic E-state index is 0.743. The topological polar surface area (TPSA) is 39.3 Å². The molecule has 0 spiro atoms. The molecule has 0 aliphatic carbocycles. The van der Waals surface area contributed by atoms with Gasteiger partial charge in [-0.2, -0.15) is 17.3 Å². The van der Waals surface area contributed by atoms with E-state index in [1.807, 2.05) is 0 Å². The highest BCUT2D eigenvalue weighted by Crippen LogP contribution is 1.80. The minimum Gasteiger partial charge on any atom is -0.791 e. The molecule has 0 saturated carbocycles. The van der Waals surface area contributed by atoms with Gasteiger partial charge in [0.1, 0.15) is 0 Å². The normalized spacial score (nSPS) is 11.2. The second-order valence-corrected chi connectivity index (χ2v) is 4.48. The molecule has 3 N–H and O–H groups in total. The van der Waals surface area contributed by atoms with Crippen molar-refractivity contribution in [1.82, 2.24) is 20.9 Å². The molecule has 0 heterocycles. The Morgan fingerprint density at radius 1 is 0.625 bits per heavy atom. The van der Waals surface area contributed by atoms with Crippen LogP contribution < -0.4 is 16.0 Å². The number of hydrogen-bond donors (Lipinski definition) is 3. The van der Waals surface area contributed by atoms with E-state index in [1.54, 1.807) is 0 Å². The first-order chi connectivity index (χ1) is 7.85. The Morgan fingerprint density at radius 2 is 0.938 bits per heavy atom. The van der Waals surface area contributed by atoms with E-state index < -0.39 is 0 Å². The molecule has 0 fully saturated rings. The van der Waals surface area contributed by atoms with Gasteiger partial charge in [-0.25, -0.2) is 0 Å². The van der Waals surface area contributed by atoms with E-state index in [2.05, 4.69) is 20.9 Å². The third kappa shape index (κ3) is 11.4. The van der Waals surface area contributed by atoms with Gasteiger partial charge in [0.2, 0.25) is 0 Å². The van der Waals surface area contributed by atoms with Crippen molar-refractivity contribution in [2.45, 2.75) is 0 Å². The lowest BCUT2D eigenvalue weighted by atomic mass is 10.6. The largest absolute Gasteiger partial charge is 0.791 e. The first kappa shape index (κ1) is 16.9. The molecule has 0 aliphatic heterocycles. The Balaban J connectivity index is 3.58. The quantitative estimate of drug-likeness (QED) is 0.230. The molecule has 0 radical (unpaired) electrons. The molecule has 0 aromatic carbocycles. The number of nitrogens with zero attached hydrogens (tertiary/aromatic N) is 1. The highest BCUT2D eigenvalue weighted by molar-refractivity contribution is 7.59. The maximum atomic E-state index is 4.88. The van der Waals surface area contributed by atoms with E-state index in [-0.39, 0.29) is 0 Å². The predicted molar refractivity (Wildman–Crippen MR) is 77.1 cm³/mol. The van der Waals surface area contributed by atoms with E-state index in [4.69, 9.17) is 37.9 Å². The molecule has 98 valence electrons. The zero-order valence-corrected chi connectivity index (χ0v) is 12.0. The first-order valence-corrected chi connectivity index (χ1v) is 7.17. The van der Waals surface area contributed by atoms with E-state index in [0.717, 1.165) is 56.9 Å². The SMILES string of the molecule is [S-]CCNCN(CNCC[S-])CNCC[S-]. The average molecular weight is 281 g/mol. The standard InChI is InChI=1S/C9H24N4S3/c14-4-1-10-7-13(8-11-2-5-15)9-12-3-6-16/h10-12,14-16H,1-9H2/p-3. The molecule has 0 amide bonds. The third-order valence-corrected chi connectivity index (χ3v) is 2.46. The Morgan fingerprint density at radius 3 is 1.19 bits per heavy atom. The number of rotatable bonds is 12. The van der Waals surface area contributed by atoms with Crippen molar-refractivity contribution in [3.8, 4) is 0 Å². The summed E-state index contributed by atoms with van der Waals surface area (Å²) in [6, 6.07) is 0. The van der Waals surface area contributed by atoms with Crippen LogP contribution in [0.25, 0.3) is 0 Å². The molecular weight excluding hydrogens is 260 g/mol. The second-order valence-electron chi connectivity index (χ2n) is 3.26. The lowest BCUT2D eigenvalue weighted by Crippen LogP contribution is -2.46. The summed E-state index contributed by atoms with van der Waals surface area (Å²) in [6.45, 7) is 5.08. The van der Waals surface area contributed by atoms with Gasteiger partial charge in [-0.15, -0.1) is 0 Å². The summed E-state index contributed by atoms with van der Waals surface area (Å²) in [5.74, 6) is 2.23. The van der Waals surface area contributed by atoms with Crippen molar-refractivity contribution in [2.75, 3.05) is 56.9 Å². The van der Waals surface area contributed by atoms with Gasteiger partial charge in [0, 0.05) is 0 Å². The molecule has 0 rings (SSSR count). The number of hydrogen-bond acceptors (Lipinski definition) is 7. The zero-order valence-electron chi connectivity index (χ0n) is 9.54. The molecular formula is C9H21N4S3-3. The third-order valence-electron chi connectivity index (χ3n) is 1.84. The fourth-order valence-electron chi connectivity index (χ4n) is 1.10. The molecule has 4 nitrogen and oxygen atoms in total. The Labute approximate surface area is 116 Å². The van der Waals surface area contributed by atoms with Gasteiger partial charge in [-0.05, 0) is 19.6 Å². The van der Waals surface area contributed by atoms with Crippen LogP contribution in [0, 0.1) is 0 Å². The monoisotopic (exact) mass is 281 g/mol. The van der Waals surface area contributed by atoms with Crippen LogP contribution >= 0.6 is 0 Å². The van der Waals surface area contributed by atoms with Crippen molar-refractivity contribution in [3.05, 3.63) is 0 Å². The number of nitrogens with one attached hydrogen (secondary N) is 3. The summed E-state index contributed by atoms with van der Waals surface area (Å²) in [5, 5.41) is 9.84. The molecule has 16 heavy (non-hydrogen) atoms. The van der Waals surface area contributed by atoms with Gasteiger partial charge in [0.25, 0.3) is 0 Å². The lowest BCUT2D eigenvalue weighted by molar-refractivity contribution is 0.223. The molecule has 0 atom stereocenters. The Bertz CT molecular complexity index is 116. The van der Waals surface area contributed by atoms with E-state index >= 15 is 0 Å². The zero-order chi connectivity index (χ0) is 12.1. The molecule has 0 aromatic rings. The van der Waals surface area contributed by atoms with Crippen molar-refractivity contribution in [2.24, 2.45) is 0 Å². The lowest BCUT2D eigenvalue weighted by Gasteiger charge is -2.25. The smallest absolute Gasteiger partial charge is 0.0504 e. The minimum atomic E-state index is 0.743. The fraction of sp³-hybridized carbons (Fsp3) is 1.00. The molecule has 0 aliphatic rings. The van der Waals surface area contributed by atoms with Gasteiger partial charge in [0.15, 0.2) is 0 Å². The van der Waals surface area contributed by atoms with E-state index in [0.29, 0.717) is 0 Å². The van der Waals surface area contributed by atoms with Crippen LogP contribution in [0.4, 0.5) is 0 Å². The van der Waals surface area contributed by atoms with Gasteiger partial charge in [-0.3, -0.25) is 4.90 Å². The summed E-state index contributed by atoms with van der Waals surface area (Å²) in [6.07, 6.45) is 0. The summed E-state index contributed by atoms with van der Waals surface area (Å²) in [4.78, 5) is 2.22. The first-order valence-electron chi connectivity index (χ1n) is 5.44. The Hall–Kier alpha value is 0.890. The predicted octanol–water partition coefficient (Wildman–Crippen LogP) is -1.43. The van der Waals surface area contributed by atoms with Crippen LogP contribution in [-0.2, 0) is 37.9 Å². The second kappa shape index (κ2) is 14.0. The van der Waals surface area contributed by atoms with Crippen LogP contribution in [0.3, 0.4) is 0 Å². The van der Waals surface area contributed by atoms with Crippen LogP contribution in [0.1, 0.15) is 0 Å². The van der Waals surface area contributed by atoms with E-state index in [1.165, 1.54) is 0 Å². The molecule has 0 saturated heterocycles. The summed E-state index contributed by atoms with van der Waals surface area (Å²) >= 11 is 14.6.